The fraction of sp³-hybridized carbons (Fsp3) is 0.538. The summed E-state index contributed by atoms with van der Waals surface area (Å²) in [7, 11) is 0. The highest BCUT2D eigenvalue weighted by atomic mass is 79.9. The van der Waals surface area contributed by atoms with Crippen molar-refractivity contribution in [1.82, 2.24) is 4.72 Å². The van der Waals surface area contributed by atoms with Crippen molar-refractivity contribution in [3.05, 3.63) is 34.3 Å². The summed E-state index contributed by atoms with van der Waals surface area (Å²) in [6.45, 7) is 6.04. The van der Waals surface area contributed by atoms with Crippen molar-refractivity contribution in [3.63, 3.8) is 0 Å². The molecule has 19 heavy (non-hydrogen) atoms. The molecule has 0 heterocycles. The van der Waals surface area contributed by atoms with Crippen LogP contribution in [-0.2, 0) is 11.4 Å². The zero-order valence-corrected chi connectivity index (χ0v) is 13.7. The number of benzene rings is 1. The molecule has 1 rings (SSSR count). The lowest BCUT2D eigenvalue weighted by Gasteiger charge is -2.30. The summed E-state index contributed by atoms with van der Waals surface area (Å²) in [5, 5.41) is 0. The average Bonchev–Trinajstić information content (AvgIpc) is 2.24. The minimum absolute atomic E-state index is 0.410. The standard InChI is InChI=1S/C13H18BrF2NOS/c1-12(2,3)19(18)17-11(13(4,15)16)9-5-7-10(14)8-6-9/h5-8,11,17H,1-4H3/t11-,19+/m0/s1. The molecule has 0 aromatic heterocycles. The Morgan fingerprint density at radius 1 is 1.16 bits per heavy atom. The van der Waals surface area contributed by atoms with Crippen LogP contribution >= 0.6 is 15.9 Å². The van der Waals surface area contributed by atoms with E-state index in [0.29, 0.717) is 5.56 Å². The minimum Gasteiger partial charge on any atom is -0.598 e. The van der Waals surface area contributed by atoms with Gasteiger partial charge in [0.25, 0.3) is 5.92 Å². The highest BCUT2D eigenvalue weighted by molar-refractivity contribution is 9.10. The Morgan fingerprint density at radius 3 is 2.00 bits per heavy atom. The molecule has 2 nitrogen and oxygen atoms in total. The zero-order valence-electron chi connectivity index (χ0n) is 11.3. The van der Waals surface area contributed by atoms with Gasteiger partial charge in [-0.2, -0.15) is 0 Å². The second-order valence-corrected chi connectivity index (χ2v) is 8.35. The molecule has 0 spiro atoms. The third-order valence-electron chi connectivity index (χ3n) is 2.49. The van der Waals surface area contributed by atoms with Crippen molar-refractivity contribution in [2.75, 3.05) is 0 Å². The maximum Gasteiger partial charge on any atom is 0.268 e. The average molecular weight is 354 g/mol. The molecule has 0 unspecified atom stereocenters. The molecular weight excluding hydrogens is 336 g/mol. The van der Waals surface area contributed by atoms with E-state index in [1.807, 2.05) is 0 Å². The van der Waals surface area contributed by atoms with Crippen LogP contribution in [0, 0.1) is 0 Å². The summed E-state index contributed by atoms with van der Waals surface area (Å²) < 4.78 is 42.2. The van der Waals surface area contributed by atoms with Gasteiger partial charge < -0.3 is 4.55 Å². The van der Waals surface area contributed by atoms with Gasteiger partial charge in [-0.25, -0.2) is 8.78 Å². The van der Waals surface area contributed by atoms with Crippen LogP contribution in [0.3, 0.4) is 0 Å². The molecule has 2 atom stereocenters. The van der Waals surface area contributed by atoms with E-state index in [2.05, 4.69) is 20.7 Å². The molecule has 6 heteroatoms. The SMILES string of the molecule is CC(F)(F)[C@@H](N[S@+]([O-])C(C)(C)C)c1ccc(Br)cc1. The zero-order chi connectivity index (χ0) is 14.8. The van der Waals surface area contributed by atoms with Gasteiger partial charge in [0.15, 0.2) is 0 Å². The first-order valence-electron chi connectivity index (χ1n) is 5.83. The van der Waals surface area contributed by atoms with Crippen LogP contribution in [0.4, 0.5) is 8.78 Å². The van der Waals surface area contributed by atoms with Crippen molar-refractivity contribution < 1.29 is 13.3 Å². The summed E-state index contributed by atoms with van der Waals surface area (Å²) >= 11 is 1.70. The summed E-state index contributed by atoms with van der Waals surface area (Å²) in [5.74, 6) is -3.01. The van der Waals surface area contributed by atoms with Gasteiger partial charge in [-0.1, -0.05) is 28.1 Å². The molecule has 0 bridgehead atoms. The molecular formula is C13H18BrF2NOS. The van der Waals surface area contributed by atoms with E-state index < -0.39 is 28.1 Å². The fourth-order valence-corrected chi connectivity index (χ4v) is 2.58. The number of alkyl halides is 2. The predicted molar refractivity (Wildman–Crippen MR) is 78.5 cm³/mol. The largest absolute Gasteiger partial charge is 0.598 e. The lowest BCUT2D eigenvalue weighted by atomic mass is 10.0. The van der Waals surface area contributed by atoms with E-state index in [1.165, 1.54) is 0 Å². The third-order valence-corrected chi connectivity index (χ3v) is 4.58. The molecule has 0 aliphatic heterocycles. The Morgan fingerprint density at radius 2 is 1.63 bits per heavy atom. The Kier molecular flexibility index (Phi) is 5.40. The Hall–Kier alpha value is -0.170. The van der Waals surface area contributed by atoms with Crippen LogP contribution < -0.4 is 4.72 Å². The van der Waals surface area contributed by atoms with E-state index in [9.17, 15) is 13.3 Å². The second kappa shape index (κ2) is 6.08. The quantitative estimate of drug-likeness (QED) is 0.823. The molecule has 0 saturated heterocycles. The monoisotopic (exact) mass is 353 g/mol. The Labute approximate surface area is 124 Å². The van der Waals surface area contributed by atoms with E-state index in [1.54, 1.807) is 45.0 Å². The van der Waals surface area contributed by atoms with Crippen molar-refractivity contribution in [3.8, 4) is 0 Å². The smallest absolute Gasteiger partial charge is 0.268 e. The molecule has 0 radical (unpaired) electrons. The van der Waals surface area contributed by atoms with Crippen LogP contribution in [0.5, 0.6) is 0 Å². The second-order valence-electron chi connectivity index (χ2n) is 5.44. The molecule has 0 saturated carbocycles. The number of rotatable bonds is 4. The molecule has 108 valence electrons. The maximum atomic E-state index is 13.7. The number of halogens is 3. The molecule has 1 N–H and O–H groups in total. The summed E-state index contributed by atoms with van der Waals surface area (Å²) in [5.41, 5.74) is 0.410. The summed E-state index contributed by atoms with van der Waals surface area (Å²) in [6, 6.07) is 5.30. The van der Waals surface area contributed by atoms with Crippen LogP contribution in [0.15, 0.2) is 28.7 Å². The lowest BCUT2D eigenvalue weighted by Crippen LogP contribution is -2.46. The van der Waals surface area contributed by atoms with Crippen LogP contribution in [0.2, 0.25) is 0 Å². The molecule has 0 aliphatic rings. The van der Waals surface area contributed by atoms with E-state index in [0.717, 1.165) is 11.4 Å². The lowest BCUT2D eigenvalue weighted by molar-refractivity contribution is -0.0120. The van der Waals surface area contributed by atoms with Gasteiger partial charge in [0.2, 0.25) is 0 Å². The highest BCUT2D eigenvalue weighted by Crippen LogP contribution is 2.33. The first-order valence-corrected chi connectivity index (χ1v) is 7.77. The first-order chi connectivity index (χ1) is 8.51. The molecule has 0 fully saturated rings. The van der Waals surface area contributed by atoms with Crippen molar-refractivity contribution >= 4 is 27.3 Å². The number of hydrogen-bond donors (Lipinski definition) is 1. The van der Waals surface area contributed by atoms with Gasteiger partial charge >= 0.3 is 0 Å². The molecule has 0 aliphatic carbocycles. The van der Waals surface area contributed by atoms with Crippen LogP contribution in [0.25, 0.3) is 0 Å². The summed E-state index contributed by atoms with van der Waals surface area (Å²) in [4.78, 5) is 0. The van der Waals surface area contributed by atoms with Gasteiger partial charge in [0, 0.05) is 22.8 Å². The van der Waals surface area contributed by atoms with Crippen LogP contribution in [0.1, 0.15) is 39.3 Å². The topological polar surface area (TPSA) is 35.1 Å². The van der Waals surface area contributed by atoms with E-state index in [-0.39, 0.29) is 0 Å². The highest BCUT2D eigenvalue weighted by Gasteiger charge is 2.41. The Bertz CT molecular complexity index is 414. The predicted octanol–water partition coefficient (Wildman–Crippen LogP) is 4.20. The molecule has 1 aromatic rings. The van der Waals surface area contributed by atoms with E-state index in [4.69, 9.17) is 0 Å². The van der Waals surface area contributed by atoms with Crippen molar-refractivity contribution in [2.45, 2.75) is 44.4 Å². The van der Waals surface area contributed by atoms with Gasteiger partial charge in [0.05, 0.1) is 0 Å². The van der Waals surface area contributed by atoms with Gasteiger partial charge in [-0.15, -0.1) is 4.72 Å². The number of nitrogens with one attached hydrogen (secondary N) is 1. The maximum absolute atomic E-state index is 13.7. The molecule has 0 amide bonds. The number of hydrogen-bond acceptors (Lipinski definition) is 2. The first kappa shape index (κ1) is 16.9. The normalized spacial score (nSPS) is 16.2. The van der Waals surface area contributed by atoms with Crippen molar-refractivity contribution in [1.29, 1.82) is 0 Å². The third kappa shape index (κ3) is 5.02. The fourth-order valence-electron chi connectivity index (χ4n) is 1.40. The van der Waals surface area contributed by atoms with Crippen LogP contribution in [-0.4, -0.2) is 15.2 Å². The van der Waals surface area contributed by atoms with E-state index >= 15 is 0 Å². The van der Waals surface area contributed by atoms with Gasteiger partial charge in [0.1, 0.15) is 10.8 Å². The Balaban J connectivity index is 3.00. The van der Waals surface area contributed by atoms with Crippen molar-refractivity contribution in [2.24, 2.45) is 0 Å². The summed E-state index contributed by atoms with van der Waals surface area (Å²) in [6.07, 6.45) is 0. The minimum atomic E-state index is -3.01. The van der Waals surface area contributed by atoms with Gasteiger partial charge in [-0.05, 0) is 38.5 Å². The molecule has 1 aromatic carbocycles. The van der Waals surface area contributed by atoms with Gasteiger partial charge in [-0.3, -0.25) is 0 Å².